The van der Waals surface area contributed by atoms with Crippen molar-refractivity contribution >= 4 is 17.1 Å². The molecule has 0 aromatic heterocycles. The minimum absolute atomic E-state index is 0.643. The predicted octanol–water partition coefficient (Wildman–Crippen LogP) is 0.670. The van der Waals surface area contributed by atoms with E-state index in [1.807, 2.05) is 0 Å². The summed E-state index contributed by atoms with van der Waals surface area (Å²) in [6.07, 6.45) is 2.32. The molecule has 2 nitrogen and oxygen atoms in total. The Kier molecular flexibility index (Phi) is 3.43. The van der Waals surface area contributed by atoms with Crippen LogP contribution >= 0.6 is 12.2 Å². The zero-order chi connectivity index (χ0) is 8.27. The highest BCUT2D eigenvalue weighted by atomic mass is 32.1. The Morgan fingerprint density at radius 2 is 2.36 bits per heavy atom. The molecule has 0 saturated carbocycles. The van der Waals surface area contributed by atoms with Gasteiger partial charge >= 0.3 is 0 Å². The lowest BCUT2D eigenvalue weighted by Gasteiger charge is -2.13. The maximum Gasteiger partial charge on any atom is 0.0272 e. The third-order valence-electron chi connectivity index (χ3n) is 1.99. The van der Waals surface area contributed by atoms with Crippen LogP contribution in [0.3, 0.4) is 0 Å². The monoisotopic (exact) mass is 172 g/mol. The summed E-state index contributed by atoms with van der Waals surface area (Å²) in [5, 5.41) is 3.39. The molecular formula is C8H16N2S. The zero-order valence-electron chi connectivity index (χ0n) is 7.26. The molecule has 1 N–H and O–H groups in total. The highest BCUT2D eigenvalue weighted by Crippen LogP contribution is 2.07. The van der Waals surface area contributed by atoms with Crippen LogP contribution in [0.5, 0.6) is 0 Å². The molecule has 1 unspecified atom stereocenters. The SMILES string of the molecule is CN(C)CCC1CC(=S)CN1. The lowest BCUT2D eigenvalue weighted by atomic mass is 10.1. The topological polar surface area (TPSA) is 15.3 Å². The Bertz CT molecular complexity index is 145. The summed E-state index contributed by atoms with van der Waals surface area (Å²) in [6.45, 7) is 2.10. The van der Waals surface area contributed by atoms with Crippen LogP contribution in [0.4, 0.5) is 0 Å². The van der Waals surface area contributed by atoms with Crippen LogP contribution in [0, 0.1) is 0 Å². The summed E-state index contributed by atoms with van der Waals surface area (Å²) in [5.41, 5.74) is 0. The molecule has 1 rings (SSSR count). The van der Waals surface area contributed by atoms with Crippen LogP contribution in [-0.2, 0) is 0 Å². The molecule has 1 aliphatic rings. The molecule has 0 aromatic carbocycles. The standard InChI is InChI=1S/C8H16N2S/c1-10(2)4-3-7-5-8(11)6-9-7/h7,9H,3-6H2,1-2H3. The molecule has 0 aliphatic carbocycles. The highest BCUT2D eigenvalue weighted by molar-refractivity contribution is 7.80. The number of nitrogens with one attached hydrogen (secondary N) is 1. The molecule has 1 fully saturated rings. The van der Waals surface area contributed by atoms with Gasteiger partial charge in [-0.2, -0.15) is 0 Å². The maximum absolute atomic E-state index is 5.10. The van der Waals surface area contributed by atoms with E-state index < -0.39 is 0 Å². The van der Waals surface area contributed by atoms with E-state index in [2.05, 4.69) is 24.3 Å². The fraction of sp³-hybridized carbons (Fsp3) is 0.875. The van der Waals surface area contributed by atoms with E-state index >= 15 is 0 Å². The van der Waals surface area contributed by atoms with Gasteiger partial charge in [-0.25, -0.2) is 0 Å². The number of rotatable bonds is 3. The average molecular weight is 172 g/mol. The third-order valence-corrected chi connectivity index (χ3v) is 2.30. The molecule has 1 saturated heterocycles. The van der Waals surface area contributed by atoms with Crippen LogP contribution in [0.25, 0.3) is 0 Å². The van der Waals surface area contributed by atoms with Gasteiger partial charge in [0, 0.05) is 17.5 Å². The molecule has 0 amide bonds. The Morgan fingerprint density at radius 1 is 1.64 bits per heavy atom. The maximum atomic E-state index is 5.10. The number of hydrogen-bond acceptors (Lipinski definition) is 3. The minimum Gasteiger partial charge on any atom is -0.309 e. The number of nitrogens with zero attached hydrogens (tertiary/aromatic N) is 1. The van der Waals surface area contributed by atoms with Crippen LogP contribution < -0.4 is 5.32 Å². The first-order valence-electron chi connectivity index (χ1n) is 4.08. The number of hydrogen-bond donors (Lipinski definition) is 1. The first kappa shape index (κ1) is 9.10. The van der Waals surface area contributed by atoms with Gasteiger partial charge in [0.05, 0.1) is 0 Å². The molecule has 11 heavy (non-hydrogen) atoms. The Labute approximate surface area is 74.0 Å². The van der Waals surface area contributed by atoms with Crippen molar-refractivity contribution in [1.82, 2.24) is 10.2 Å². The molecule has 3 heteroatoms. The van der Waals surface area contributed by atoms with Crippen molar-refractivity contribution in [3.63, 3.8) is 0 Å². The van der Waals surface area contributed by atoms with E-state index in [9.17, 15) is 0 Å². The van der Waals surface area contributed by atoms with Gasteiger partial charge in [0.2, 0.25) is 0 Å². The molecule has 0 bridgehead atoms. The van der Waals surface area contributed by atoms with E-state index in [1.54, 1.807) is 0 Å². The quantitative estimate of drug-likeness (QED) is 0.630. The summed E-state index contributed by atoms with van der Waals surface area (Å²) in [5.74, 6) is 0. The van der Waals surface area contributed by atoms with Crippen molar-refractivity contribution < 1.29 is 0 Å². The van der Waals surface area contributed by atoms with E-state index in [1.165, 1.54) is 11.3 Å². The Morgan fingerprint density at radius 3 is 2.82 bits per heavy atom. The van der Waals surface area contributed by atoms with Crippen LogP contribution in [-0.4, -0.2) is 43.0 Å². The lowest BCUT2D eigenvalue weighted by molar-refractivity contribution is 0.372. The van der Waals surface area contributed by atoms with Gasteiger partial charge in [0.1, 0.15) is 0 Å². The van der Waals surface area contributed by atoms with Crippen LogP contribution in [0.2, 0.25) is 0 Å². The smallest absolute Gasteiger partial charge is 0.0272 e. The second-order valence-electron chi connectivity index (χ2n) is 3.41. The average Bonchev–Trinajstić information content (AvgIpc) is 2.31. The molecule has 1 atom stereocenters. The highest BCUT2D eigenvalue weighted by Gasteiger charge is 2.17. The third kappa shape index (κ3) is 3.27. The van der Waals surface area contributed by atoms with Crippen LogP contribution in [0.1, 0.15) is 12.8 Å². The van der Waals surface area contributed by atoms with Gasteiger partial charge in [-0.15, -0.1) is 0 Å². The van der Waals surface area contributed by atoms with Crippen molar-refractivity contribution in [2.45, 2.75) is 18.9 Å². The van der Waals surface area contributed by atoms with Crippen molar-refractivity contribution in [3.8, 4) is 0 Å². The normalized spacial score (nSPS) is 25.0. The zero-order valence-corrected chi connectivity index (χ0v) is 8.08. The van der Waals surface area contributed by atoms with Gasteiger partial charge in [0.15, 0.2) is 0 Å². The molecule has 0 aromatic rings. The van der Waals surface area contributed by atoms with Gasteiger partial charge in [-0.05, 0) is 33.5 Å². The van der Waals surface area contributed by atoms with E-state index in [0.29, 0.717) is 6.04 Å². The predicted molar refractivity (Wildman–Crippen MR) is 52.2 cm³/mol. The molecule has 1 aliphatic heterocycles. The first-order chi connectivity index (χ1) is 5.18. The van der Waals surface area contributed by atoms with Crippen molar-refractivity contribution in [2.75, 3.05) is 27.2 Å². The van der Waals surface area contributed by atoms with E-state index in [4.69, 9.17) is 12.2 Å². The van der Waals surface area contributed by atoms with Gasteiger partial charge < -0.3 is 10.2 Å². The van der Waals surface area contributed by atoms with Gasteiger partial charge in [-0.1, -0.05) is 12.2 Å². The van der Waals surface area contributed by atoms with Crippen molar-refractivity contribution in [2.24, 2.45) is 0 Å². The van der Waals surface area contributed by atoms with E-state index in [-0.39, 0.29) is 0 Å². The molecule has 0 radical (unpaired) electrons. The largest absolute Gasteiger partial charge is 0.309 e. The van der Waals surface area contributed by atoms with Gasteiger partial charge in [-0.3, -0.25) is 0 Å². The fourth-order valence-corrected chi connectivity index (χ4v) is 1.58. The van der Waals surface area contributed by atoms with Crippen molar-refractivity contribution in [3.05, 3.63) is 0 Å². The lowest BCUT2D eigenvalue weighted by Crippen LogP contribution is -2.26. The summed E-state index contributed by atoms with van der Waals surface area (Å²) in [7, 11) is 4.21. The first-order valence-corrected chi connectivity index (χ1v) is 4.49. The van der Waals surface area contributed by atoms with Gasteiger partial charge in [0.25, 0.3) is 0 Å². The summed E-state index contributed by atoms with van der Waals surface area (Å²) in [6, 6.07) is 0.643. The number of thiocarbonyl (C=S) groups is 1. The van der Waals surface area contributed by atoms with Crippen molar-refractivity contribution in [1.29, 1.82) is 0 Å². The fourth-order valence-electron chi connectivity index (χ4n) is 1.30. The molecular weight excluding hydrogens is 156 g/mol. The molecule has 0 spiro atoms. The summed E-state index contributed by atoms with van der Waals surface area (Å²) < 4.78 is 0. The van der Waals surface area contributed by atoms with Crippen LogP contribution in [0.15, 0.2) is 0 Å². The second-order valence-corrected chi connectivity index (χ2v) is 3.99. The molecule has 64 valence electrons. The Balaban J connectivity index is 2.13. The van der Waals surface area contributed by atoms with E-state index in [0.717, 1.165) is 19.5 Å². The minimum atomic E-state index is 0.643. The second kappa shape index (κ2) is 4.14. The Hall–Kier alpha value is 0.01000. The summed E-state index contributed by atoms with van der Waals surface area (Å²) in [4.78, 5) is 3.40. The molecule has 1 heterocycles. The summed E-state index contributed by atoms with van der Waals surface area (Å²) >= 11 is 5.10.